The van der Waals surface area contributed by atoms with Crippen molar-refractivity contribution >= 4 is 13.6 Å². The number of benzene rings is 1. The summed E-state index contributed by atoms with van der Waals surface area (Å²) in [6, 6.07) is 9.48. The van der Waals surface area contributed by atoms with Gasteiger partial charge in [-0.05, 0) is 12.1 Å². The van der Waals surface area contributed by atoms with E-state index in [9.17, 15) is 24.1 Å². The summed E-state index contributed by atoms with van der Waals surface area (Å²) in [6.45, 7) is 1.50. The second kappa shape index (κ2) is 10.1. The molecule has 6 atom stereocenters. The minimum atomic E-state index is -3.93. The number of aromatic amines is 1. The number of aromatic nitrogens is 2. The Balaban J connectivity index is 1.55. The molecule has 2 N–H and O–H groups in total. The highest BCUT2D eigenvalue weighted by Crippen LogP contribution is 2.52. The van der Waals surface area contributed by atoms with Gasteiger partial charge in [-0.25, -0.2) is 9.36 Å². The number of esters is 1. The van der Waals surface area contributed by atoms with E-state index >= 15 is 0 Å². The highest BCUT2D eigenvalue weighted by Gasteiger charge is 2.62. The third kappa shape index (κ3) is 5.12. The molecule has 2 saturated heterocycles. The maximum atomic E-state index is 13.6. The number of carbonyl (C=O) groups excluding carboxylic acids is 1. The summed E-state index contributed by atoms with van der Waals surface area (Å²) in [6.07, 6.45) is -1.95. The summed E-state index contributed by atoms with van der Waals surface area (Å²) in [5.41, 5.74) is -2.54. The van der Waals surface area contributed by atoms with Crippen LogP contribution in [0, 0.1) is 5.92 Å². The van der Waals surface area contributed by atoms with Gasteiger partial charge in [-0.15, -0.1) is 0 Å². The van der Waals surface area contributed by atoms with Gasteiger partial charge in [0, 0.05) is 18.7 Å². The standard InChI is InChI=1S/C22H27N2O10P/c1-14(19(27)30-2)13-35(29,34-15-6-4-3-5-7-15)32-12-16-18(26)22(9-11-31-22)20(33-16)24-10-8-17(25)23-21(24)28/h3-8,10,14,16,18,20,26H,9,11-13H2,1-2H3,(H,23,25,28)/t14-,16?,18-,20?,22-,35?/m1/s1. The molecule has 13 heteroatoms. The second-order valence-electron chi connectivity index (χ2n) is 8.46. The summed E-state index contributed by atoms with van der Waals surface area (Å²) in [4.78, 5) is 37.9. The first kappa shape index (κ1) is 25.3. The number of para-hydroxylation sites is 1. The molecule has 0 radical (unpaired) electrons. The van der Waals surface area contributed by atoms with Gasteiger partial charge in [0.1, 0.15) is 23.6 Å². The van der Waals surface area contributed by atoms with E-state index in [2.05, 4.69) is 4.98 Å². The van der Waals surface area contributed by atoms with E-state index in [0.717, 1.165) is 10.6 Å². The average Bonchev–Trinajstić information content (AvgIpc) is 3.10. The zero-order valence-electron chi connectivity index (χ0n) is 19.2. The van der Waals surface area contributed by atoms with Crippen molar-refractivity contribution in [2.75, 3.05) is 26.5 Å². The largest absolute Gasteiger partial charge is 0.469 e. The number of ether oxygens (including phenoxy) is 3. The molecule has 2 aliphatic heterocycles. The molecule has 2 fully saturated rings. The van der Waals surface area contributed by atoms with Crippen molar-refractivity contribution in [1.29, 1.82) is 0 Å². The molecule has 0 saturated carbocycles. The highest BCUT2D eigenvalue weighted by atomic mass is 31.2. The molecule has 1 aromatic heterocycles. The monoisotopic (exact) mass is 510 g/mol. The van der Waals surface area contributed by atoms with E-state index in [1.54, 1.807) is 30.3 Å². The number of aliphatic hydroxyl groups is 1. The van der Waals surface area contributed by atoms with Crippen LogP contribution in [0.25, 0.3) is 0 Å². The zero-order valence-corrected chi connectivity index (χ0v) is 20.1. The maximum Gasteiger partial charge on any atom is 0.380 e. The number of hydrogen-bond donors (Lipinski definition) is 2. The number of rotatable bonds is 9. The number of hydrogen-bond acceptors (Lipinski definition) is 10. The van der Waals surface area contributed by atoms with E-state index in [1.165, 1.54) is 20.2 Å². The predicted molar refractivity (Wildman–Crippen MR) is 121 cm³/mol. The molecule has 2 aromatic rings. The van der Waals surface area contributed by atoms with E-state index in [4.69, 9.17) is 23.3 Å². The summed E-state index contributed by atoms with van der Waals surface area (Å²) < 4.78 is 42.5. The molecule has 4 rings (SSSR count). The third-order valence-corrected chi connectivity index (χ3v) is 8.09. The first-order valence-electron chi connectivity index (χ1n) is 11.0. The number of carbonyl (C=O) groups is 1. The first-order chi connectivity index (χ1) is 16.7. The molecule has 0 amide bonds. The van der Waals surface area contributed by atoms with E-state index < -0.39 is 54.8 Å². The number of nitrogens with zero attached hydrogens (tertiary/aromatic N) is 1. The maximum absolute atomic E-state index is 13.6. The second-order valence-corrected chi connectivity index (χ2v) is 10.5. The van der Waals surface area contributed by atoms with Gasteiger partial charge in [-0.2, -0.15) is 0 Å². The van der Waals surface area contributed by atoms with Crippen LogP contribution in [0.3, 0.4) is 0 Å². The molecule has 0 aliphatic carbocycles. The fourth-order valence-corrected chi connectivity index (χ4v) is 6.05. The molecule has 12 nitrogen and oxygen atoms in total. The van der Waals surface area contributed by atoms with Gasteiger partial charge in [-0.1, -0.05) is 25.1 Å². The van der Waals surface area contributed by atoms with Crippen LogP contribution in [-0.2, 0) is 28.1 Å². The smallest absolute Gasteiger partial charge is 0.380 e. The van der Waals surface area contributed by atoms with E-state index in [-0.39, 0.29) is 18.5 Å². The molecular weight excluding hydrogens is 483 g/mol. The summed E-state index contributed by atoms with van der Waals surface area (Å²) in [5.74, 6) is -1.10. The Labute approximate surface area is 200 Å². The molecular formula is C22H27N2O10P. The summed E-state index contributed by atoms with van der Waals surface area (Å²) in [5, 5.41) is 11.0. The molecule has 1 aromatic carbocycles. The van der Waals surface area contributed by atoms with Crippen molar-refractivity contribution in [2.45, 2.75) is 37.4 Å². The van der Waals surface area contributed by atoms with Crippen LogP contribution in [0.2, 0.25) is 0 Å². The van der Waals surface area contributed by atoms with Gasteiger partial charge in [0.15, 0.2) is 6.23 Å². The highest BCUT2D eigenvalue weighted by molar-refractivity contribution is 7.54. The SMILES string of the molecule is COC(=O)[C@H](C)CP(=O)(OCC1OC(n2ccc(=O)[nH]c2=O)[C@@]2(CCO2)[C@@H]1O)Oc1ccccc1. The molecule has 190 valence electrons. The zero-order chi connectivity index (χ0) is 25.2. The molecule has 2 aliphatic rings. The van der Waals surface area contributed by atoms with Gasteiger partial charge in [0.2, 0.25) is 0 Å². The van der Waals surface area contributed by atoms with Crippen LogP contribution in [0.4, 0.5) is 0 Å². The number of methoxy groups -OCH3 is 1. The van der Waals surface area contributed by atoms with E-state index in [1.807, 2.05) is 0 Å². The third-order valence-electron chi connectivity index (χ3n) is 6.07. The fraction of sp³-hybridized carbons (Fsp3) is 0.500. The lowest BCUT2D eigenvalue weighted by Crippen LogP contribution is -2.57. The normalized spacial score (nSPS) is 28.1. The van der Waals surface area contributed by atoms with Crippen LogP contribution in [0.5, 0.6) is 5.75 Å². The number of aliphatic hydroxyl groups excluding tert-OH is 1. The molecule has 1 spiro atoms. The summed E-state index contributed by atoms with van der Waals surface area (Å²) >= 11 is 0. The predicted octanol–water partition coefficient (Wildman–Crippen LogP) is 1.05. The molecule has 0 bridgehead atoms. The Morgan fingerprint density at radius 2 is 2.03 bits per heavy atom. The molecule has 35 heavy (non-hydrogen) atoms. The van der Waals surface area contributed by atoms with Gasteiger partial charge in [0.25, 0.3) is 5.56 Å². The van der Waals surface area contributed by atoms with Crippen molar-refractivity contribution in [3.8, 4) is 5.75 Å². The van der Waals surface area contributed by atoms with Crippen LogP contribution in [0.15, 0.2) is 52.2 Å². The number of H-pyrrole nitrogens is 1. The fourth-order valence-electron chi connectivity index (χ4n) is 4.18. The molecule has 3 unspecified atom stereocenters. The lowest BCUT2D eigenvalue weighted by atomic mass is 9.86. The Kier molecular flexibility index (Phi) is 7.30. The molecule has 3 heterocycles. The van der Waals surface area contributed by atoms with Crippen LogP contribution >= 0.6 is 7.60 Å². The van der Waals surface area contributed by atoms with Crippen molar-refractivity contribution in [3.05, 3.63) is 63.4 Å². The van der Waals surface area contributed by atoms with Gasteiger partial charge in [0.05, 0.1) is 32.4 Å². The Hall–Kier alpha value is -2.76. The number of nitrogens with one attached hydrogen (secondary N) is 1. The van der Waals surface area contributed by atoms with Crippen molar-refractivity contribution in [3.63, 3.8) is 0 Å². The van der Waals surface area contributed by atoms with Gasteiger partial charge < -0.3 is 23.8 Å². The van der Waals surface area contributed by atoms with Crippen molar-refractivity contribution in [1.82, 2.24) is 9.55 Å². The van der Waals surface area contributed by atoms with Gasteiger partial charge >= 0.3 is 19.3 Å². The first-order valence-corrected chi connectivity index (χ1v) is 12.8. The Bertz CT molecular complexity index is 1210. The Morgan fingerprint density at radius 1 is 1.31 bits per heavy atom. The van der Waals surface area contributed by atoms with E-state index in [0.29, 0.717) is 13.0 Å². The van der Waals surface area contributed by atoms with Crippen molar-refractivity contribution in [2.24, 2.45) is 5.92 Å². The average molecular weight is 510 g/mol. The van der Waals surface area contributed by atoms with Crippen LogP contribution in [0.1, 0.15) is 19.6 Å². The van der Waals surface area contributed by atoms with Gasteiger partial charge in [-0.3, -0.25) is 23.7 Å². The van der Waals surface area contributed by atoms with Crippen LogP contribution < -0.4 is 15.8 Å². The Morgan fingerprint density at radius 3 is 2.63 bits per heavy atom. The minimum absolute atomic E-state index is 0.275. The van der Waals surface area contributed by atoms with Crippen molar-refractivity contribution < 1.29 is 37.7 Å². The lowest BCUT2D eigenvalue weighted by molar-refractivity contribution is -0.227. The summed E-state index contributed by atoms with van der Waals surface area (Å²) in [7, 11) is -2.71. The lowest BCUT2D eigenvalue weighted by Gasteiger charge is -2.44. The quantitative estimate of drug-likeness (QED) is 0.369. The topological polar surface area (TPSA) is 155 Å². The van der Waals surface area contributed by atoms with Crippen LogP contribution in [-0.4, -0.2) is 64.9 Å². The minimum Gasteiger partial charge on any atom is -0.469 e.